The number of carbonyl (C=O) groups excluding carboxylic acids is 1. The third-order valence-electron chi connectivity index (χ3n) is 7.03. The van der Waals surface area contributed by atoms with Gasteiger partial charge in [-0.25, -0.2) is 0 Å². The number of carboxylic acid groups (broad SMARTS) is 3. The third-order valence-corrected chi connectivity index (χ3v) is 7.03. The van der Waals surface area contributed by atoms with E-state index in [0.29, 0.717) is 6.54 Å². The second-order valence-corrected chi connectivity index (χ2v) is 10.3. The van der Waals surface area contributed by atoms with Crippen molar-refractivity contribution in [3.63, 3.8) is 0 Å². The smallest absolute Gasteiger partial charge is 0.309 e. The molecule has 0 saturated carbocycles. The van der Waals surface area contributed by atoms with Crippen molar-refractivity contribution in [3.8, 4) is 0 Å². The van der Waals surface area contributed by atoms with Crippen LogP contribution < -0.4 is 5.11 Å². The van der Waals surface area contributed by atoms with E-state index in [0.717, 1.165) is 19.3 Å². The number of nitrogens with zero attached hydrogens (tertiary/aromatic N) is 1. The van der Waals surface area contributed by atoms with Crippen molar-refractivity contribution in [2.45, 2.75) is 129 Å². The van der Waals surface area contributed by atoms with Crippen LogP contribution in [0.4, 0.5) is 0 Å². The number of allylic oxidation sites excluding steroid dienone is 2. The van der Waals surface area contributed by atoms with Gasteiger partial charge in [-0.2, -0.15) is 0 Å². The van der Waals surface area contributed by atoms with Gasteiger partial charge in [0.2, 0.25) is 0 Å². The van der Waals surface area contributed by atoms with E-state index in [-0.39, 0.29) is 43.4 Å². The minimum atomic E-state index is -1.18. The first kappa shape index (κ1) is 34.1. The molecule has 0 radical (unpaired) electrons. The summed E-state index contributed by atoms with van der Waals surface area (Å²) in [6.45, 7) is 3.59. The zero-order chi connectivity index (χ0) is 26.9. The first-order valence-electron chi connectivity index (χ1n) is 14.4. The second-order valence-electron chi connectivity index (χ2n) is 10.3. The standard InChI is InChI=1S/C29H53NO6/c1-2-3-4-5-6-7-8-9-10-11-12-13-14-15-16-17-18-19-23-30(24-20-27(31)32,25-21-28(33)34)26-22-29(35)36/h7-8H,2-6,9-26H2,1H3,(H2-,31,32,33,34,35,36)/b8-7+. The Morgan fingerprint density at radius 1 is 0.583 bits per heavy atom. The van der Waals surface area contributed by atoms with E-state index in [2.05, 4.69) is 19.1 Å². The monoisotopic (exact) mass is 511 g/mol. The summed E-state index contributed by atoms with van der Waals surface area (Å²) in [5.41, 5.74) is 0. The molecule has 0 aromatic rings. The lowest BCUT2D eigenvalue weighted by Gasteiger charge is -2.38. The topological polar surface area (TPSA) is 115 Å². The SMILES string of the molecule is CCCCCC/C=C/CCCCCCCCCCCC[N+](CCC(=O)[O-])(CCC(=O)O)CCC(=O)O. The number of unbranched alkanes of at least 4 members (excludes halogenated alkanes) is 14. The Labute approximate surface area is 219 Å². The highest BCUT2D eigenvalue weighted by molar-refractivity contribution is 5.67. The van der Waals surface area contributed by atoms with Crippen molar-refractivity contribution in [1.82, 2.24) is 0 Å². The van der Waals surface area contributed by atoms with Crippen molar-refractivity contribution in [2.24, 2.45) is 0 Å². The lowest BCUT2D eigenvalue weighted by atomic mass is 10.0. The Morgan fingerprint density at radius 3 is 1.39 bits per heavy atom. The number of hydrogen-bond donors (Lipinski definition) is 2. The molecule has 210 valence electrons. The second kappa shape index (κ2) is 23.5. The molecule has 0 spiro atoms. The molecule has 0 saturated heterocycles. The molecule has 36 heavy (non-hydrogen) atoms. The van der Waals surface area contributed by atoms with Crippen molar-refractivity contribution >= 4 is 17.9 Å². The fraction of sp³-hybridized carbons (Fsp3) is 0.828. The van der Waals surface area contributed by atoms with E-state index in [9.17, 15) is 19.5 Å². The van der Waals surface area contributed by atoms with Crippen molar-refractivity contribution in [3.05, 3.63) is 12.2 Å². The van der Waals surface area contributed by atoms with Crippen LogP contribution in [0.1, 0.15) is 129 Å². The van der Waals surface area contributed by atoms with Gasteiger partial charge in [-0.15, -0.1) is 0 Å². The van der Waals surface area contributed by atoms with Gasteiger partial charge in [0.25, 0.3) is 0 Å². The molecule has 0 fully saturated rings. The molecule has 2 N–H and O–H groups in total. The average molecular weight is 512 g/mol. The summed E-state index contributed by atoms with van der Waals surface area (Å²) in [6, 6.07) is 0. The lowest BCUT2D eigenvalue weighted by molar-refractivity contribution is -0.927. The predicted octanol–water partition coefficient (Wildman–Crippen LogP) is 5.71. The van der Waals surface area contributed by atoms with Gasteiger partial charge < -0.3 is 24.6 Å². The third kappa shape index (κ3) is 22.6. The molecule has 0 heterocycles. The van der Waals surface area contributed by atoms with E-state index < -0.39 is 17.9 Å². The number of quaternary nitrogens is 1. The van der Waals surface area contributed by atoms with E-state index >= 15 is 0 Å². The van der Waals surface area contributed by atoms with Gasteiger partial charge in [0, 0.05) is 12.4 Å². The first-order chi connectivity index (χ1) is 17.3. The van der Waals surface area contributed by atoms with Crippen LogP contribution >= 0.6 is 0 Å². The molecule has 0 unspecified atom stereocenters. The Balaban J connectivity index is 3.99. The fourth-order valence-corrected chi connectivity index (χ4v) is 4.71. The van der Waals surface area contributed by atoms with Crippen molar-refractivity contribution in [1.29, 1.82) is 0 Å². The van der Waals surface area contributed by atoms with Gasteiger partial charge in [-0.1, -0.05) is 83.3 Å². The molecule has 0 aliphatic rings. The lowest BCUT2D eigenvalue weighted by Crippen LogP contribution is -2.53. The highest BCUT2D eigenvalue weighted by Gasteiger charge is 2.28. The van der Waals surface area contributed by atoms with Crippen LogP contribution in [0.15, 0.2) is 12.2 Å². The van der Waals surface area contributed by atoms with Gasteiger partial charge in [0.05, 0.1) is 39.0 Å². The molecule has 0 atom stereocenters. The van der Waals surface area contributed by atoms with Gasteiger partial charge in [-0.05, 0) is 38.5 Å². The van der Waals surface area contributed by atoms with E-state index in [4.69, 9.17) is 10.2 Å². The minimum absolute atomic E-state index is 0.0952. The molecule has 0 rings (SSSR count). The maximum absolute atomic E-state index is 11.1. The number of aliphatic carboxylic acids is 3. The Kier molecular flexibility index (Phi) is 22.3. The number of carboxylic acids is 3. The molecule has 7 nitrogen and oxygen atoms in total. The number of hydrogen-bond acceptors (Lipinski definition) is 4. The first-order valence-corrected chi connectivity index (χ1v) is 14.4. The molecule has 0 aromatic heterocycles. The van der Waals surface area contributed by atoms with Crippen LogP contribution in [0.2, 0.25) is 0 Å². The number of rotatable bonds is 27. The Morgan fingerprint density at radius 2 is 0.972 bits per heavy atom. The van der Waals surface area contributed by atoms with Gasteiger partial charge in [-0.3, -0.25) is 9.59 Å². The molecule has 7 heteroatoms. The van der Waals surface area contributed by atoms with Crippen LogP contribution in [-0.2, 0) is 14.4 Å². The van der Waals surface area contributed by atoms with Gasteiger partial charge in [0.1, 0.15) is 0 Å². The normalized spacial score (nSPS) is 11.8. The van der Waals surface area contributed by atoms with Crippen molar-refractivity contribution < 1.29 is 34.2 Å². The summed E-state index contributed by atoms with van der Waals surface area (Å²) in [5.74, 6) is -3.08. The van der Waals surface area contributed by atoms with Gasteiger partial charge in [0.15, 0.2) is 0 Å². The van der Waals surface area contributed by atoms with Crippen LogP contribution in [0.5, 0.6) is 0 Å². The Hall–Kier alpha value is -1.89. The van der Waals surface area contributed by atoms with Crippen LogP contribution in [0.25, 0.3) is 0 Å². The van der Waals surface area contributed by atoms with Crippen LogP contribution in [0.3, 0.4) is 0 Å². The quantitative estimate of drug-likeness (QED) is 0.0829. The molecule has 0 bridgehead atoms. The molecule has 0 aliphatic carbocycles. The summed E-state index contributed by atoms with van der Waals surface area (Å²) in [6.07, 6.45) is 23.8. The highest BCUT2D eigenvalue weighted by atomic mass is 16.4. The van der Waals surface area contributed by atoms with Crippen molar-refractivity contribution in [2.75, 3.05) is 26.2 Å². The van der Waals surface area contributed by atoms with E-state index in [1.165, 1.54) is 83.5 Å². The zero-order valence-electron chi connectivity index (χ0n) is 22.9. The molecular weight excluding hydrogens is 458 g/mol. The van der Waals surface area contributed by atoms with Gasteiger partial charge >= 0.3 is 11.9 Å². The summed E-state index contributed by atoms with van der Waals surface area (Å²) in [7, 11) is 0. The van der Waals surface area contributed by atoms with Crippen LogP contribution in [-0.4, -0.2) is 58.8 Å². The van der Waals surface area contributed by atoms with Crippen LogP contribution in [0, 0.1) is 0 Å². The molecule has 0 amide bonds. The molecular formula is C29H53NO6. The summed E-state index contributed by atoms with van der Waals surface area (Å²) < 4.78 is 0.223. The maximum atomic E-state index is 11.1. The molecule has 0 aliphatic heterocycles. The predicted molar refractivity (Wildman–Crippen MR) is 143 cm³/mol. The summed E-state index contributed by atoms with van der Waals surface area (Å²) in [5, 5.41) is 29.2. The summed E-state index contributed by atoms with van der Waals surface area (Å²) in [4.78, 5) is 33.2. The minimum Gasteiger partial charge on any atom is -0.550 e. The maximum Gasteiger partial charge on any atom is 0.309 e. The summed E-state index contributed by atoms with van der Waals surface area (Å²) >= 11 is 0. The Bertz CT molecular complexity index is 559. The fourth-order valence-electron chi connectivity index (χ4n) is 4.71. The molecule has 0 aromatic carbocycles. The number of carbonyl (C=O) groups is 3. The highest BCUT2D eigenvalue weighted by Crippen LogP contribution is 2.17. The van der Waals surface area contributed by atoms with E-state index in [1.54, 1.807) is 0 Å². The average Bonchev–Trinajstić information content (AvgIpc) is 2.83. The zero-order valence-corrected chi connectivity index (χ0v) is 22.9. The van der Waals surface area contributed by atoms with E-state index in [1.807, 2.05) is 0 Å². The largest absolute Gasteiger partial charge is 0.550 e.